The molecule has 0 aromatic carbocycles. The summed E-state index contributed by atoms with van der Waals surface area (Å²) in [5.74, 6) is 7.28. The Morgan fingerprint density at radius 2 is 2.13 bits per heavy atom. The number of hydrogen-bond donors (Lipinski definition) is 2. The van der Waals surface area contributed by atoms with Crippen LogP contribution in [-0.4, -0.2) is 0 Å². The molecule has 1 rings (SSSR count). The van der Waals surface area contributed by atoms with Gasteiger partial charge in [-0.05, 0) is 25.3 Å². The van der Waals surface area contributed by atoms with Gasteiger partial charge in [-0.2, -0.15) is 0 Å². The molecule has 3 nitrogen and oxygen atoms in total. The van der Waals surface area contributed by atoms with Crippen LogP contribution in [0.15, 0.2) is 16.7 Å². The van der Waals surface area contributed by atoms with Gasteiger partial charge >= 0.3 is 0 Å². The summed E-state index contributed by atoms with van der Waals surface area (Å²) in [4.78, 5) is 0. The summed E-state index contributed by atoms with van der Waals surface area (Å²) in [5, 5.41) is 0. The smallest absolute Gasteiger partial charge is 0.105 e. The third-order valence-corrected chi connectivity index (χ3v) is 2.75. The van der Waals surface area contributed by atoms with Crippen molar-refractivity contribution in [2.75, 3.05) is 0 Å². The fourth-order valence-corrected chi connectivity index (χ4v) is 1.82. The summed E-state index contributed by atoms with van der Waals surface area (Å²) in [5.41, 5.74) is 4.04. The second kappa shape index (κ2) is 5.93. The van der Waals surface area contributed by atoms with Crippen molar-refractivity contribution >= 4 is 0 Å². The molecule has 0 saturated heterocycles. The zero-order valence-electron chi connectivity index (χ0n) is 9.92. The molecule has 0 aliphatic rings. The van der Waals surface area contributed by atoms with Gasteiger partial charge in [0.25, 0.3) is 0 Å². The Balaban J connectivity index is 2.46. The van der Waals surface area contributed by atoms with E-state index in [1.807, 2.05) is 13.0 Å². The van der Waals surface area contributed by atoms with E-state index < -0.39 is 0 Å². The average molecular weight is 210 g/mol. The first-order valence-electron chi connectivity index (χ1n) is 5.65. The molecule has 1 aromatic rings. The standard InChI is InChI=1S/C12H22N2O/c1-9(2)5-4-6-12(14-13)11-7-8-15-10(11)3/h7-9,12,14H,4-6,13H2,1-3H3. The third kappa shape index (κ3) is 3.68. The molecule has 0 aliphatic carbocycles. The van der Waals surface area contributed by atoms with Gasteiger partial charge in [0.15, 0.2) is 0 Å². The zero-order valence-corrected chi connectivity index (χ0v) is 9.92. The van der Waals surface area contributed by atoms with Crippen molar-refractivity contribution < 1.29 is 4.42 Å². The van der Waals surface area contributed by atoms with Crippen molar-refractivity contribution in [1.29, 1.82) is 0 Å². The molecule has 0 radical (unpaired) electrons. The van der Waals surface area contributed by atoms with Crippen LogP contribution in [0.1, 0.15) is 50.5 Å². The molecular weight excluding hydrogens is 188 g/mol. The summed E-state index contributed by atoms with van der Waals surface area (Å²) < 4.78 is 5.28. The maximum Gasteiger partial charge on any atom is 0.105 e. The molecule has 1 aromatic heterocycles. The second-order valence-corrected chi connectivity index (χ2v) is 4.48. The average Bonchev–Trinajstić information content (AvgIpc) is 2.59. The van der Waals surface area contributed by atoms with Crippen molar-refractivity contribution in [3.05, 3.63) is 23.7 Å². The highest BCUT2D eigenvalue weighted by Gasteiger charge is 2.13. The molecule has 86 valence electrons. The number of aryl methyl sites for hydroxylation is 1. The molecule has 0 spiro atoms. The summed E-state index contributed by atoms with van der Waals surface area (Å²) >= 11 is 0. The highest BCUT2D eigenvalue weighted by atomic mass is 16.3. The molecule has 0 aliphatic heterocycles. The summed E-state index contributed by atoms with van der Waals surface area (Å²) in [6.07, 6.45) is 5.22. The highest BCUT2D eigenvalue weighted by Crippen LogP contribution is 2.23. The van der Waals surface area contributed by atoms with Crippen molar-refractivity contribution in [3.8, 4) is 0 Å². The van der Waals surface area contributed by atoms with Crippen LogP contribution in [0.5, 0.6) is 0 Å². The number of furan rings is 1. The van der Waals surface area contributed by atoms with E-state index in [4.69, 9.17) is 10.3 Å². The van der Waals surface area contributed by atoms with E-state index in [1.54, 1.807) is 6.26 Å². The quantitative estimate of drug-likeness (QED) is 0.560. The first-order chi connectivity index (χ1) is 7.15. The van der Waals surface area contributed by atoms with E-state index in [9.17, 15) is 0 Å². The molecule has 1 unspecified atom stereocenters. The van der Waals surface area contributed by atoms with Gasteiger partial charge in [-0.25, -0.2) is 0 Å². The fourth-order valence-electron chi connectivity index (χ4n) is 1.82. The van der Waals surface area contributed by atoms with E-state index >= 15 is 0 Å². The molecule has 3 heteroatoms. The molecular formula is C12H22N2O. The van der Waals surface area contributed by atoms with Gasteiger partial charge in [-0.1, -0.05) is 26.7 Å². The lowest BCUT2D eigenvalue weighted by Gasteiger charge is -2.15. The predicted octanol–water partition coefficient (Wildman–Crippen LogP) is 2.92. The Bertz CT molecular complexity index is 281. The third-order valence-electron chi connectivity index (χ3n) is 2.75. The molecule has 15 heavy (non-hydrogen) atoms. The van der Waals surface area contributed by atoms with E-state index in [1.165, 1.54) is 18.4 Å². The molecule has 1 heterocycles. The first kappa shape index (κ1) is 12.3. The van der Waals surface area contributed by atoms with Crippen molar-refractivity contribution in [2.45, 2.75) is 46.1 Å². The van der Waals surface area contributed by atoms with Gasteiger partial charge in [-0.15, -0.1) is 0 Å². The summed E-state index contributed by atoms with van der Waals surface area (Å²) in [6.45, 7) is 6.46. The van der Waals surface area contributed by atoms with E-state index in [-0.39, 0.29) is 6.04 Å². The van der Waals surface area contributed by atoms with Crippen LogP contribution in [0, 0.1) is 12.8 Å². The molecule has 1 atom stereocenters. The Hall–Kier alpha value is -0.800. The minimum atomic E-state index is 0.225. The molecule has 3 N–H and O–H groups in total. The highest BCUT2D eigenvalue weighted by molar-refractivity contribution is 5.19. The first-order valence-corrected chi connectivity index (χ1v) is 5.65. The van der Waals surface area contributed by atoms with Crippen LogP contribution in [0.2, 0.25) is 0 Å². The second-order valence-electron chi connectivity index (χ2n) is 4.48. The van der Waals surface area contributed by atoms with Crippen LogP contribution >= 0.6 is 0 Å². The maximum absolute atomic E-state index is 5.56. The predicted molar refractivity (Wildman–Crippen MR) is 62.2 cm³/mol. The Morgan fingerprint density at radius 1 is 1.40 bits per heavy atom. The number of hydrogen-bond acceptors (Lipinski definition) is 3. The number of nitrogens with two attached hydrogens (primary N) is 1. The molecule has 0 amide bonds. The van der Waals surface area contributed by atoms with Crippen molar-refractivity contribution in [3.63, 3.8) is 0 Å². The minimum absolute atomic E-state index is 0.225. The number of nitrogens with one attached hydrogen (secondary N) is 1. The van der Waals surface area contributed by atoms with Gasteiger partial charge in [0.1, 0.15) is 5.76 Å². The normalized spacial score (nSPS) is 13.4. The fraction of sp³-hybridized carbons (Fsp3) is 0.667. The van der Waals surface area contributed by atoms with Gasteiger partial charge in [0.2, 0.25) is 0 Å². The van der Waals surface area contributed by atoms with Gasteiger partial charge in [-0.3, -0.25) is 11.3 Å². The molecule has 0 fully saturated rings. The van der Waals surface area contributed by atoms with Crippen LogP contribution in [0.25, 0.3) is 0 Å². The zero-order chi connectivity index (χ0) is 11.3. The largest absolute Gasteiger partial charge is 0.469 e. The van der Waals surface area contributed by atoms with E-state index in [0.717, 1.165) is 18.1 Å². The van der Waals surface area contributed by atoms with Gasteiger partial charge in [0, 0.05) is 11.6 Å². The lowest BCUT2D eigenvalue weighted by atomic mass is 9.99. The van der Waals surface area contributed by atoms with Crippen molar-refractivity contribution in [1.82, 2.24) is 5.43 Å². The lowest BCUT2D eigenvalue weighted by Crippen LogP contribution is -2.28. The minimum Gasteiger partial charge on any atom is -0.469 e. The monoisotopic (exact) mass is 210 g/mol. The number of rotatable bonds is 6. The Kier molecular flexibility index (Phi) is 4.85. The topological polar surface area (TPSA) is 51.2 Å². The number of hydrazine groups is 1. The van der Waals surface area contributed by atoms with Crippen LogP contribution in [-0.2, 0) is 0 Å². The van der Waals surface area contributed by atoms with E-state index in [0.29, 0.717) is 0 Å². The molecule has 0 bridgehead atoms. The molecule has 0 saturated carbocycles. The van der Waals surface area contributed by atoms with Crippen molar-refractivity contribution in [2.24, 2.45) is 11.8 Å². The Labute approximate surface area is 92.0 Å². The SMILES string of the molecule is Cc1occc1C(CCCC(C)C)NN. The summed E-state index contributed by atoms with van der Waals surface area (Å²) in [6, 6.07) is 2.22. The lowest BCUT2D eigenvalue weighted by molar-refractivity contribution is 0.445. The Morgan fingerprint density at radius 3 is 2.60 bits per heavy atom. The van der Waals surface area contributed by atoms with Gasteiger partial charge < -0.3 is 4.42 Å². The van der Waals surface area contributed by atoms with Crippen LogP contribution in [0.3, 0.4) is 0 Å². The van der Waals surface area contributed by atoms with Crippen LogP contribution < -0.4 is 11.3 Å². The summed E-state index contributed by atoms with van der Waals surface area (Å²) in [7, 11) is 0. The van der Waals surface area contributed by atoms with Crippen LogP contribution in [0.4, 0.5) is 0 Å². The van der Waals surface area contributed by atoms with Gasteiger partial charge in [0.05, 0.1) is 6.26 Å². The maximum atomic E-state index is 5.56. The van der Waals surface area contributed by atoms with E-state index in [2.05, 4.69) is 19.3 Å².